The van der Waals surface area contributed by atoms with Crippen molar-refractivity contribution in [1.82, 2.24) is 0 Å². The first-order valence-corrected chi connectivity index (χ1v) is 44.3. The van der Waals surface area contributed by atoms with E-state index in [2.05, 4.69) is 27.7 Å². The minimum atomic E-state index is -0.701. The molecule has 8 nitrogen and oxygen atoms in total. The molecule has 98 heavy (non-hydrogen) atoms. The molecule has 0 bridgehead atoms. The van der Waals surface area contributed by atoms with Crippen LogP contribution in [0.1, 0.15) is 531 Å². The summed E-state index contributed by atoms with van der Waals surface area (Å²) in [5, 5.41) is 0. The normalized spacial score (nSPS) is 11.5. The molecule has 574 valence electrons. The van der Waals surface area contributed by atoms with Crippen LogP contribution in [0.5, 0.6) is 0 Å². The summed E-state index contributed by atoms with van der Waals surface area (Å²) >= 11 is 0. The Kier molecular flexibility index (Phi) is 72.9. The maximum absolute atomic E-state index is 14.2. The number of esters is 4. The van der Waals surface area contributed by atoms with Gasteiger partial charge in [0.05, 0.1) is 48.7 Å². The molecule has 0 saturated heterocycles. The molecule has 1 rings (SSSR count). The molecule has 0 amide bonds. The summed E-state index contributed by atoms with van der Waals surface area (Å²) in [6.07, 6.45) is 91.6. The Balaban J connectivity index is 2.91. The highest BCUT2D eigenvalue weighted by molar-refractivity contribution is 6.10. The van der Waals surface area contributed by atoms with Crippen LogP contribution in [0.25, 0.3) is 0 Å². The van der Waals surface area contributed by atoms with Crippen LogP contribution < -0.4 is 0 Å². The fraction of sp³-hybridized carbons (Fsp3) is 0.889. The lowest BCUT2D eigenvalue weighted by molar-refractivity contribution is 0.0434. The summed E-state index contributed by atoms with van der Waals surface area (Å²) in [6, 6.07) is 2.69. The van der Waals surface area contributed by atoms with Crippen molar-refractivity contribution in [2.24, 2.45) is 0 Å². The highest BCUT2D eigenvalue weighted by atomic mass is 16.5. The van der Waals surface area contributed by atoms with Gasteiger partial charge in [0.2, 0.25) is 0 Å². The van der Waals surface area contributed by atoms with Crippen LogP contribution in [0, 0.1) is 0 Å². The van der Waals surface area contributed by atoms with Crippen LogP contribution in [0.4, 0.5) is 0 Å². The van der Waals surface area contributed by atoms with E-state index >= 15 is 0 Å². The second-order valence-electron chi connectivity index (χ2n) is 30.5. The molecule has 0 heterocycles. The van der Waals surface area contributed by atoms with Crippen LogP contribution in [-0.2, 0) is 18.9 Å². The van der Waals surface area contributed by atoms with E-state index < -0.39 is 23.9 Å². The molecule has 0 N–H and O–H groups in total. The molecule has 0 radical (unpaired) electrons. The van der Waals surface area contributed by atoms with Crippen molar-refractivity contribution in [2.75, 3.05) is 26.4 Å². The van der Waals surface area contributed by atoms with E-state index in [0.717, 1.165) is 51.4 Å². The highest BCUT2D eigenvalue weighted by Gasteiger charge is 2.29. The van der Waals surface area contributed by atoms with Gasteiger partial charge >= 0.3 is 23.9 Å². The van der Waals surface area contributed by atoms with Crippen molar-refractivity contribution in [3.05, 3.63) is 34.4 Å². The molecular weight excluding hydrogens is 1210 g/mol. The second kappa shape index (κ2) is 76.7. The van der Waals surface area contributed by atoms with Gasteiger partial charge in [0.15, 0.2) is 0 Å². The predicted molar refractivity (Wildman–Crippen MR) is 423 cm³/mol. The van der Waals surface area contributed by atoms with E-state index in [4.69, 9.17) is 18.9 Å². The third kappa shape index (κ3) is 61.7. The smallest absolute Gasteiger partial charge is 0.339 e. The summed E-state index contributed by atoms with van der Waals surface area (Å²) < 4.78 is 23.6. The van der Waals surface area contributed by atoms with Gasteiger partial charge < -0.3 is 18.9 Å². The van der Waals surface area contributed by atoms with Gasteiger partial charge in [-0.25, -0.2) is 19.2 Å². The molecule has 8 heteroatoms. The number of hydrogen-bond donors (Lipinski definition) is 0. The van der Waals surface area contributed by atoms with E-state index in [1.165, 1.54) is 397 Å². The van der Waals surface area contributed by atoms with Crippen LogP contribution in [0.3, 0.4) is 0 Å². The Morgan fingerprint density at radius 1 is 0.163 bits per heavy atom. The van der Waals surface area contributed by atoms with Gasteiger partial charge in [0, 0.05) is 0 Å². The Morgan fingerprint density at radius 2 is 0.255 bits per heavy atom. The van der Waals surface area contributed by atoms with Gasteiger partial charge in [-0.3, -0.25) is 0 Å². The average Bonchev–Trinajstić information content (AvgIpc) is 0.789. The molecule has 0 fully saturated rings. The first-order chi connectivity index (χ1) is 48.4. The minimum Gasteiger partial charge on any atom is -0.462 e. The quantitative estimate of drug-likeness (QED) is 0.0361. The number of benzene rings is 1. The maximum Gasteiger partial charge on any atom is 0.339 e. The van der Waals surface area contributed by atoms with Crippen molar-refractivity contribution in [3.8, 4) is 0 Å². The fourth-order valence-electron chi connectivity index (χ4n) is 14.3. The van der Waals surface area contributed by atoms with E-state index in [0.29, 0.717) is 25.7 Å². The topological polar surface area (TPSA) is 105 Å². The van der Waals surface area contributed by atoms with Gasteiger partial charge in [-0.1, -0.05) is 464 Å². The second-order valence-corrected chi connectivity index (χ2v) is 30.5. The van der Waals surface area contributed by atoms with Crippen molar-refractivity contribution in [3.63, 3.8) is 0 Å². The largest absolute Gasteiger partial charge is 0.462 e. The number of carbonyl (C=O) groups is 4. The number of unbranched alkanes of at least 4 members (excludes halogenated alkanes) is 68. The zero-order valence-electron chi connectivity index (χ0n) is 66.2. The minimum absolute atomic E-state index is 0.0737. The number of rotatable bonds is 80. The Morgan fingerprint density at radius 3 is 0.357 bits per heavy atom. The lowest BCUT2D eigenvalue weighted by Crippen LogP contribution is -2.21. The molecule has 0 saturated carbocycles. The number of carbonyl (C=O) groups excluding carboxylic acids is 4. The third-order valence-electron chi connectivity index (χ3n) is 21.0. The van der Waals surface area contributed by atoms with Crippen LogP contribution in [0.2, 0.25) is 0 Å². The Hall–Kier alpha value is -2.90. The van der Waals surface area contributed by atoms with E-state index in [1.54, 1.807) is 0 Å². The zero-order chi connectivity index (χ0) is 70.6. The molecule has 0 spiro atoms. The number of hydrogen-bond acceptors (Lipinski definition) is 8. The number of ether oxygens (including phenoxy) is 4. The summed E-state index contributed by atoms with van der Waals surface area (Å²) in [4.78, 5) is 56.6. The highest BCUT2D eigenvalue weighted by Crippen LogP contribution is 2.25. The van der Waals surface area contributed by atoms with Crippen LogP contribution in [0.15, 0.2) is 12.1 Å². The van der Waals surface area contributed by atoms with E-state index in [-0.39, 0.29) is 48.7 Å². The average molecular weight is 1380 g/mol. The molecule has 0 aliphatic rings. The molecular formula is C90H166O8. The lowest BCUT2D eigenvalue weighted by atomic mass is 9.97. The SMILES string of the molecule is CCCCCCCCCCCCCCCCCCCCOC(=O)c1cc(C(=O)OCCCCCCCCCCCCCCCCCCCC)c(C(=O)OCCCCCCCCCCCCCCCCCCCC)cc1C(=O)OCCCCCCCCCCCCCCCCCCCC. The molecule has 0 aliphatic heterocycles. The van der Waals surface area contributed by atoms with Crippen molar-refractivity contribution < 1.29 is 38.1 Å². The van der Waals surface area contributed by atoms with E-state index in [1.807, 2.05) is 0 Å². The van der Waals surface area contributed by atoms with Crippen LogP contribution >= 0.6 is 0 Å². The first kappa shape index (κ1) is 93.1. The van der Waals surface area contributed by atoms with E-state index in [9.17, 15) is 19.2 Å². The van der Waals surface area contributed by atoms with Crippen molar-refractivity contribution in [2.45, 2.75) is 490 Å². The summed E-state index contributed by atoms with van der Waals surface area (Å²) in [5.41, 5.74) is -0.295. The van der Waals surface area contributed by atoms with Crippen molar-refractivity contribution >= 4 is 23.9 Å². The molecule has 0 aromatic heterocycles. The molecule has 1 aromatic carbocycles. The summed E-state index contributed by atoms with van der Waals surface area (Å²) in [7, 11) is 0. The maximum atomic E-state index is 14.2. The molecule has 0 atom stereocenters. The zero-order valence-corrected chi connectivity index (χ0v) is 66.2. The predicted octanol–water partition coefficient (Wildman–Crippen LogP) is 30.5. The van der Waals surface area contributed by atoms with Gasteiger partial charge in [-0.2, -0.15) is 0 Å². The summed E-state index contributed by atoms with van der Waals surface area (Å²) in [6.45, 7) is 9.95. The Labute approximate surface area is 609 Å². The fourth-order valence-corrected chi connectivity index (χ4v) is 14.3. The van der Waals surface area contributed by atoms with Crippen molar-refractivity contribution in [1.29, 1.82) is 0 Å². The monoisotopic (exact) mass is 1380 g/mol. The molecule has 1 aromatic rings. The first-order valence-electron chi connectivity index (χ1n) is 44.3. The standard InChI is InChI=1S/C90H166O8/c1-5-9-13-17-21-25-29-33-37-41-45-49-53-57-61-65-69-73-77-95-87(91)83-81-85(89(93)97-79-75-71-67-63-59-55-51-47-43-39-35-31-27-23-19-15-11-7-3)86(90(94)98-80-76-72-68-64-60-56-52-48-44-40-36-32-28-24-20-16-12-8-4)82-84(83)88(92)96-78-74-70-66-62-58-54-50-46-42-38-34-30-26-22-18-14-10-6-2/h81-82H,5-80H2,1-4H3. The molecule has 0 aliphatic carbocycles. The molecule has 0 unspecified atom stereocenters. The van der Waals surface area contributed by atoms with Gasteiger partial charge in [0.1, 0.15) is 0 Å². The van der Waals surface area contributed by atoms with Gasteiger partial charge in [0.25, 0.3) is 0 Å². The van der Waals surface area contributed by atoms with Crippen LogP contribution in [-0.4, -0.2) is 50.3 Å². The Bertz CT molecular complexity index is 1600. The summed E-state index contributed by atoms with van der Waals surface area (Å²) in [5.74, 6) is -2.80. The lowest BCUT2D eigenvalue weighted by Gasteiger charge is -2.15. The van der Waals surface area contributed by atoms with Gasteiger partial charge in [-0.15, -0.1) is 0 Å². The third-order valence-corrected chi connectivity index (χ3v) is 21.0. The van der Waals surface area contributed by atoms with Gasteiger partial charge in [-0.05, 0) is 37.8 Å².